The lowest BCUT2D eigenvalue weighted by Gasteiger charge is -2.40. The van der Waals surface area contributed by atoms with Gasteiger partial charge in [-0.15, -0.1) is 0 Å². The molecule has 28 heavy (non-hydrogen) atoms. The van der Waals surface area contributed by atoms with Gasteiger partial charge >= 0.3 is 0 Å². The molecule has 7 heteroatoms. The molecule has 7 nitrogen and oxygen atoms in total. The number of ether oxygens (including phenoxy) is 3. The normalized spacial score (nSPS) is 33.7. The lowest BCUT2D eigenvalue weighted by Crippen LogP contribution is -2.55. The minimum absolute atomic E-state index is 0.00262. The molecular weight excluding hydrogens is 360 g/mol. The summed E-state index contributed by atoms with van der Waals surface area (Å²) >= 11 is 0. The van der Waals surface area contributed by atoms with Gasteiger partial charge in [0.25, 0.3) is 0 Å². The first-order valence-electron chi connectivity index (χ1n) is 10.2. The Morgan fingerprint density at radius 1 is 1.18 bits per heavy atom. The molecule has 154 valence electrons. The Balaban J connectivity index is 1.42. The van der Waals surface area contributed by atoms with Crippen LogP contribution in [-0.2, 0) is 14.3 Å². The van der Waals surface area contributed by atoms with Gasteiger partial charge in [0.1, 0.15) is 24.6 Å². The molecular formula is C21H30N2O5. The van der Waals surface area contributed by atoms with Crippen molar-refractivity contribution in [2.75, 3.05) is 40.0 Å². The summed E-state index contributed by atoms with van der Waals surface area (Å²) < 4.78 is 17.1. The second-order valence-electron chi connectivity index (χ2n) is 7.91. The Kier molecular flexibility index (Phi) is 6.16. The van der Waals surface area contributed by atoms with E-state index in [1.807, 2.05) is 35.2 Å². The summed E-state index contributed by atoms with van der Waals surface area (Å²) in [5, 5.41) is 11.0. The highest BCUT2D eigenvalue weighted by atomic mass is 16.5. The van der Waals surface area contributed by atoms with E-state index in [4.69, 9.17) is 14.2 Å². The highest BCUT2D eigenvalue weighted by molar-refractivity contribution is 5.78. The summed E-state index contributed by atoms with van der Waals surface area (Å²) in [7, 11) is 1.65. The van der Waals surface area contributed by atoms with Crippen molar-refractivity contribution in [3.8, 4) is 5.75 Å². The third kappa shape index (κ3) is 4.03. The second-order valence-corrected chi connectivity index (χ2v) is 7.91. The number of rotatable bonds is 6. The quantitative estimate of drug-likeness (QED) is 0.779. The number of carbonyl (C=O) groups is 1. The van der Waals surface area contributed by atoms with Crippen LogP contribution >= 0.6 is 0 Å². The van der Waals surface area contributed by atoms with Crippen molar-refractivity contribution in [3.63, 3.8) is 0 Å². The molecule has 0 aromatic heterocycles. The predicted molar refractivity (Wildman–Crippen MR) is 103 cm³/mol. The lowest BCUT2D eigenvalue weighted by atomic mass is 9.89. The summed E-state index contributed by atoms with van der Waals surface area (Å²) in [6.07, 6.45) is 2.02. The van der Waals surface area contributed by atoms with Gasteiger partial charge in [0.2, 0.25) is 5.91 Å². The van der Waals surface area contributed by atoms with Crippen LogP contribution < -0.4 is 4.74 Å². The molecule has 1 amide bonds. The number of fused-ring (bicyclic) bond motifs is 1. The Morgan fingerprint density at radius 3 is 2.79 bits per heavy atom. The molecule has 1 saturated carbocycles. The zero-order valence-electron chi connectivity index (χ0n) is 16.4. The van der Waals surface area contributed by atoms with E-state index in [1.54, 1.807) is 7.11 Å². The van der Waals surface area contributed by atoms with Gasteiger partial charge < -0.3 is 24.2 Å². The number of aliphatic hydroxyl groups excluding tert-OH is 1. The summed E-state index contributed by atoms with van der Waals surface area (Å²) in [6.45, 7) is 2.70. The highest BCUT2D eigenvalue weighted by Gasteiger charge is 2.47. The molecule has 1 aromatic carbocycles. The maximum absolute atomic E-state index is 12.3. The standard InChI is InChI=1S/C21H30N2O5/c1-26-11-10-23-17-12-22(13-19(17)27-14-20(23)24)16-8-5-9-18(21(16)25)28-15-6-3-2-4-7-15/h2-4,6-7,16-19,21,25H,5,8-14H2,1H3/t16-,17-,18+,19-,21+/m0/s1. The fourth-order valence-corrected chi connectivity index (χ4v) is 4.76. The van der Waals surface area contributed by atoms with E-state index in [1.165, 1.54) is 0 Å². The number of carbonyl (C=O) groups excluding carboxylic acids is 1. The summed E-state index contributed by atoms with van der Waals surface area (Å²) in [6, 6.07) is 9.74. The zero-order chi connectivity index (χ0) is 19.5. The summed E-state index contributed by atoms with van der Waals surface area (Å²) in [4.78, 5) is 16.5. The van der Waals surface area contributed by atoms with Gasteiger partial charge in [-0.25, -0.2) is 0 Å². The maximum Gasteiger partial charge on any atom is 0.249 e. The van der Waals surface area contributed by atoms with Crippen LogP contribution in [0.4, 0.5) is 0 Å². The minimum Gasteiger partial charge on any atom is -0.488 e. The largest absolute Gasteiger partial charge is 0.488 e. The van der Waals surface area contributed by atoms with Crippen LogP contribution in [0.25, 0.3) is 0 Å². The van der Waals surface area contributed by atoms with Gasteiger partial charge in [-0.2, -0.15) is 0 Å². The average molecular weight is 390 g/mol. The summed E-state index contributed by atoms with van der Waals surface area (Å²) in [5.41, 5.74) is 0. The predicted octanol–water partition coefficient (Wildman–Crippen LogP) is 0.905. The van der Waals surface area contributed by atoms with Gasteiger partial charge in [0, 0.05) is 32.8 Å². The molecule has 2 saturated heterocycles. The molecule has 0 unspecified atom stereocenters. The second kappa shape index (κ2) is 8.78. The van der Waals surface area contributed by atoms with Crippen molar-refractivity contribution >= 4 is 5.91 Å². The molecule has 4 rings (SSSR count). The molecule has 2 heterocycles. The van der Waals surface area contributed by atoms with Gasteiger partial charge in [-0.1, -0.05) is 18.2 Å². The van der Waals surface area contributed by atoms with E-state index in [-0.39, 0.29) is 36.8 Å². The number of morpholine rings is 1. The lowest BCUT2D eigenvalue weighted by molar-refractivity contribution is -0.153. The van der Waals surface area contributed by atoms with E-state index >= 15 is 0 Å². The fourth-order valence-electron chi connectivity index (χ4n) is 4.76. The number of para-hydroxylation sites is 1. The third-order valence-electron chi connectivity index (χ3n) is 6.21. The van der Waals surface area contributed by atoms with Crippen LogP contribution in [-0.4, -0.2) is 91.2 Å². The van der Waals surface area contributed by atoms with E-state index < -0.39 is 6.10 Å². The third-order valence-corrected chi connectivity index (χ3v) is 6.21. The molecule has 1 aliphatic carbocycles. The summed E-state index contributed by atoms with van der Waals surface area (Å²) in [5.74, 6) is 0.816. The van der Waals surface area contributed by atoms with Crippen LogP contribution in [0.5, 0.6) is 5.75 Å². The smallest absolute Gasteiger partial charge is 0.249 e. The molecule has 1 N–H and O–H groups in total. The molecule has 1 aromatic rings. The van der Waals surface area contributed by atoms with Gasteiger partial charge in [0.15, 0.2) is 0 Å². The van der Waals surface area contributed by atoms with E-state index in [0.29, 0.717) is 13.2 Å². The van der Waals surface area contributed by atoms with Crippen LogP contribution in [0.15, 0.2) is 30.3 Å². The topological polar surface area (TPSA) is 71.5 Å². The van der Waals surface area contributed by atoms with Crippen LogP contribution in [0, 0.1) is 0 Å². The van der Waals surface area contributed by atoms with Gasteiger partial charge in [-0.05, 0) is 31.4 Å². The van der Waals surface area contributed by atoms with Crippen molar-refractivity contribution in [2.45, 2.75) is 49.7 Å². The molecule has 2 aliphatic heterocycles. The first-order valence-corrected chi connectivity index (χ1v) is 10.2. The monoisotopic (exact) mass is 390 g/mol. The molecule has 3 aliphatic rings. The molecule has 5 atom stereocenters. The van der Waals surface area contributed by atoms with Crippen molar-refractivity contribution in [1.29, 1.82) is 0 Å². The van der Waals surface area contributed by atoms with Gasteiger partial charge in [0.05, 0.1) is 18.8 Å². The maximum atomic E-state index is 12.3. The number of hydrogen-bond donors (Lipinski definition) is 1. The number of benzene rings is 1. The van der Waals surface area contributed by atoms with Crippen molar-refractivity contribution < 1.29 is 24.1 Å². The molecule has 0 radical (unpaired) electrons. The number of hydrogen-bond acceptors (Lipinski definition) is 6. The first kappa shape index (κ1) is 19.6. The first-order chi connectivity index (χ1) is 13.7. The Morgan fingerprint density at radius 2 is 2.00 bits per heavy atom. The van der Waals surface area contributed by atoms with E-state index in [9.17, 15) is 9.90 Å². The SMILES string of the molecule is COCCN1C(=O)CO[C@H]2CN([C@H]3CCC[C@@H](Oc4ccccc4)[C@@H]3O)C[C@@H]21. The van der Waals surface area contributed by atoms with E-state index in [0.717, 1.165) is 38.1 Å². The zero-order valence-corrected chi connectivity index (χ0v) is 16.4. The average Bonchev–Trinajstić information content (AvgIpc) is 3.14. The van der Waals surface area contributed by atoms with Crippen LogP contribution in [0.3, 0.4) is 0 Å². The Labute approximate surface area is 166 Å². The Bertz CT molecular complexity index is 657. The van der Waals surface area contributed by atoms with Crippen molar-refractivity contribution in [3.05, 3.63) is 30.3 Å². The number of nitrogens with zero attached hydrogens (tertiary/aromatic N) is 2. The number of aliphatic hydroxyl groups is 1. The number of methoxy groups -OCH3 is 1. The van der Waals surface area contributed by atoms with E-state index in [2.05, 4.69) is 4.90 Å². The fraction of sp³-hybridized carbons (Fsp3) is 0.667. The number of likely N-dealkylation sites (tertiary alicyclic amines) is 1. The van der Waals surface area contributed by atoms with Gasteiger partial charge in [-0.3, -0.25) is 9.69 Å². The minimum atomic E-state index is -0.558. The van der Waals surface area contributed by atoms with Crippen LogP contribution in [0.1, 0.15) is 19.3 Å². The molecule has 3 fully saturated rings. The van der Waals surface area contributed by atoms with Crippen molar-refractivity contribution in [1.82, 2.24) is 9.80 Å². The molecule has 0 spiro atoms. The Hall–Kier alpha value is -1.67. The number of amides is 1. The molecule has 0 bridgehead atoms. The highest BCUT2D eigenvalue weighted by Crippen LogP contribution is 2.32. The van der Waals surface area contributed by atoms with Crippen LogP contribution in [0.2, 0.25) is 0 Å². The van der Waals surface area contributed by atoms with Crippen molar-refractivity contribution in [2.24, 2.45) is 0 Å².